The number of hydrogen-bond acceptors (Lipinski definition) is 17. The highest BCUT2D eigenvalue weighted by Gasteiger charge is 2.55. The van der Waals surface area contributed by atoms with Crippen LogP contribution in [0.4, 0.5) is 9.93 Å². The van der Waals surface area contributed by atoms with Crippen LogP contribution in [0.3, 0.4) is 0 Å². The van der Waals surface area contributed by atoms with E-state index in [0.29, 0.717) is 29.9 Å². The molecule has 2 radical (unpaired) electrons. The molecule has 6 rings (SSSR count). The van der Waals surface area contributed by atoms with Crippen molar-refractivity contribution in [1.82, 2.24) is 25.1 Å². The molecule has 3 N–H and O–H groups in total. The van der Waals surface area contributed by atoms with Gasteiger partial charge in [-0.2, -0.15) is 4.57 Å². The number of hydrogen-bond donors (Lipinski definition) is 3. The molecule has 0 saturated carbocycles. The Labute approximate surface area is 412 Å². The standard InChI is InChI=1S/C45H50BClN8O12S2/c1-24(39(58)66-46)67-52-32(31-35(47)69-42(50-31)51-43(61)65-45(5,6)7)36(56)49-33-37(57)55-34(41(60)63-22-25-12-14-27(62-9)15-13-25)26(23-68-38(33)55)21-54-18-10-11-29-30(54)17-20-53(29)19-16-28(48-8)40(59)64-44(2,3)4/h10-15,17-18,20,28,33,38,48H,1,16,19,21-23H2,2-9H3,(H-,49,50,51,56,61)/p+1/b52-32-. The second-order valence-electron chi connectivity index (χ2n) is 17.4. The predicted molar refractivity (Wildman–Crippen MR) is 256 cm³/mol. The molecule has 1 fully saturated rings. The number of benzene rings is 1. The summed E-state index contributed by atoms with van der Waals surface area (Å²) in [5.41, 5.74) is 0.529. The van der Waals surface area contributed by atoms with E-state index in [9.17, 15) is 28.8 Å². The number of thiazole rings is 1. The number of β-lactam (4-membered cyclic amide) rings is 1. The van der Waals surface area contributed by atoms with Crippen molar-refractivity contribution in [3.05, 3.63) is 94.1 Å². The maximum absolute atomic E-state index is 14.3. The van der Waals surface area contributed by atoms with E-state index in [1.54, 1.807) is 52.1 Å². The number of aryl methyl sites for hydroxylation is 1. The van der Waals surface area contributed by atoms with Gasteiger partial charge in [0.2, 0.25) is 11.3 Å². The van der Waals surface area contributed by atoms with Gasteiger partial charge in [-0.25, -0.2) is 19.4 Å². The van der Waals surface area contributed by atoms with Crippen molar-refractivity contribution in [2.24, 2.45) is 5.16 Å². The van der Waals surface area contributed by atoms with Gasteiger partial charge in [0.25, 0.3) is 11.8 Å². The van der Waals surface area contributed by atoms with Crippen LogP contribution in [0, 0.1) is 0 Å². The summed E-state index contributed by atoms with van der Waals surface area (Å²) in [6.07, 6.45) is 3.37. The minimum absolute atomic E-state index is 0.00939. The van der Waals surface area contributed by atoms with Crippen LogP contribution in [-0.2, 0) is 67.4 Å². The maximum atomic E-state index is 14.3. The molecule has 3 atom stereocenters. The average molecular weight is 1010 g/mol. The van der Waals surface area contributed by atoms with Gasteiger partial charge in [-0.1, -0.05) is 40.2 Å². The number of likely N-dealkylation sites (N-methyl/N-ethyl adjacent to an activating group) is 1. The molecule has 1 saturated heterocycles. The Morgan fingerprint density at radius 1 is 1.06 bits per heavy atom. The third-order valence-electron chi connectivity index (χ3n) is 10.1. The van der Waals surface area contributed by atoms with Gasteiger partial charge in [0.05, 0.1) is 7.11 Å². The van der Waals surface area contributed by atoms with E-state index in [1.807, 2.05) is 60.5 Å². The zero-order chi connectivity index (χ0) is 50.4. The van der Waals surface area contributed by atoms with Crippen LogP contribution >= 0.6 is 34.7 Å². The fourth-order valence-corrected chi connectivity index (χ4v) is 9.37. The maximum Gasteiger partial charge on any atom is 0.413 e. The summed E-state index contributed by atoms with van der Waals surface area (Å²) in [5.74, 6) is -3.87. The van der Waals surface area contributed by atoms with Gasteiger partial charge in [-0.3, -0.25) is 24.6 Å². The van der Waals surface area contributed by atoms with Gasteiger partial charge in [-0.15, -0.1) is 11.8 Å². The van der Waals surface area contributed by atoms with Crippen LogP contribution in [-0.4, -0.2) is 113 Å². The van der Waals surface area contributed by atoms with E-state index in [1.165, 1.54) is 23.8 Å². The van der Waals surface area contributed by atoms with Crippen molar-refractivity contribution >= 4 is 100 Å². The van der Waals surface area contributed by atoms with Crippen LogP contribution in [0.1, 0.15) is 59.2 Å². The van der Waals surface area contributed by atoms with Gasteiger partial charge >= 0.3 is 32.1 Å². The van der Waals surface area contributed by atoms with Crippen molar-refractivity contribution in [3.8, 4) is 5.75 Å². The van der Waals surface area contributed by atoms with Crippen LogP contribution in [0.15, 0.2) is 83.6 Å². The Morgan fingerprint density at radius 2 is 1.77 bits per heavy atom. The van der Waals surface area contributed by atoms with Crippen molar-refractivity contribution in [3.63, 3.8) is 0 Å². The highest BCUT2D eigenvalue weighted by atomic mass is 35.5. The van der Waals surface area contributed by atoms with Crippen LogP contribution < -0.4 is 25.3 Å². The predicted octanol–water partition coefficient (Wildman–Crippen LogP) is 4.67. The van der Waals surface area contributed by atoms with E-state index in [4.69, 9.17) is 43.4 Å². The van der Waals surface area contributed by atoms with Crippen molar-refractivity contribution in [2.45, 2.75) is 96.3 Å². The number of ether oxygens (including phenoxy) is 4. The van der Waals surface area contributed by atoms with Crippen molar-refractivity contribution in [1.29, 1.82) is 0 Å². The molecule has 0 bridgehead atoms. The first-order valence-electron chi connectivity index (χ1n) is 21.3. The van der Waals surface area contributed by atoms with Gasteiger partial charge in [0.1, 0.15) is 62.3 Å². The lowest BCUT2D eigenvalue weighted by Gasteiger charge is -2.49. The van der Waals surface area contributed by atoms with E-state index < -0.39 is 70.0 Å². The molecule has 69 heavy (non-hydrogen) atoms. The second-order valence-corrected chi connectivity index (χ2v) is 20.2. The number of oxime groups is 1. The molecule has 20 nitrogen and oxygen atoms in total. The number of amides is 3. The van der Waals surface area contributed by atoms with Crippen molar-refractivity contribution in [2.75, 3.05) is 25.2 Å². The molecule has 3 aromatic heterocycles. The third kappa shape index (κ3) is 12.8. The van der Waals surface area contributed by atoms with Gasteiger partial charge < -0.3 is 43.6 Å². The third-order valence-corrected chi connectivity index (χ3v) is 12.7. The summed E-state index contributed by atoms with van der Waals surface area (Å²) in [6.45, 7) is 14.4. The average Bonchev–Trinajstić information content (AvgIpc) is 3.88. The number of aromatic nitrogens is 3. The molecule has 364 valence electrons. The number of thioether (sulfide) groups is 1. The zero-order valence-corrected chi connectivity index (χ0v) is 41.5. The van der Waals surface area contributed by atoms with Gasteiger partial charge in [-0.05, 0) is 85.4 Å². The fourth-order valence-electron chi connectivity index (χ4n) is 7.01. The topological polar surface area (TPSA) is 231 Å². The summed E-state index contributed by atoms with van der Waals surface area (Å²) < 4.78 is 29.9. The quantitative estimate of drug-likeness (QED) is 0.0142. The van der Waals surface area contributed by atoms with Gasteiger partial charge in [0.15, 0.2) is 23.6 Å². The van der Waals surface area contributed by atoms with Crippen LogP contribution in [0.2, 0.25) is 4.34 Å². The Balaban J connectivity index is 1.27. The molecular formula is C45H51BClN8O12S2+. The highest BCUT2D eigenvalue weighted by molar-refractivity contribution is 8.00. The van der Waals surface area contributed by atoms with E-state index in [-0.39, 0.29) is 45.7 Å². The Hall–Kier alpha value is -6.43. The number of methoxy groups -OCH3 is 1. The van der Waals surface area contributed by atoms with Crippen molar-refractivity contribution < 1.29 is 61.8 Å². The molecule has 0 spiro atoms. The van der Waals surface area contributed by atoms with E-state index >= 15 is 0 Å². The number of pyridine rings is 1. The minimum atomic E-state index is -1.22. The molecule has 4 aromatic rings. The molecule has 2 aliphatic heterocycles. The minimum Gasteiger partial charge on any atom is -0.538 e. The Bertz CT molecular complexity index is 2710. The first kappa shape index (κ1) is 52.0. The highest BCUT2D eigenvalue weighted by Crippen LogP contribution is 2.41. The molecule has 1 aromatic carbocycles. The number of nitrogens with one attached hydrogen (secondary N) is 3. The Morgan fingerprint density at radius 3 is 2.42 bits per heavy atom. The molecule has 5 heterocycles. The summed E-state index contributed by atoms with van der Waals surface area (Å²) >= 11 is 8.56. The monoisotopic (exact) mass is 1010 g/mol. The summed E-state index contributed by atoms with van der Waals surface area (Å²) in [6, 6.07) is 10.9. The summed E-state index contributed by atoms with van der Waals surface area (Å²) in [7, 11) is 8.20. The lowest BCUT2D eigenvalue weighted by atomic mass is 10.0. The first-order chi connectivity index (χ1) is 32.6. The lowest BCUT2D eigenvalue weighted by molar-refractivity contribution is -0.663. The number of fused-ring (bicyclic) bond motifs is 2. The number of anilines is 1. The number of nitrogens with zero attached hydrogens (tertiary/aromatic N) is 5. The molecule has 2 aliphatic rings. The molecule has 3 amide bonds. The number of esters is 2. The van der Waals surface area contributed by atoms with Crippen LogP contribution in [0.25, 0.3) is 11.0 Å². The molecule has 0 aliphatic carbocycles. The Kier molecular flexibility index (Phi) is 16.5. The molecule has 24 heteroatoms. The fraction of sp³-hybridized carbons (Fsp3) is 0.400. The van der Waals surface area contributed by atoms with E-state index in [2.05, 4.69) is 37.3 Å². The van der Waals surface area contributed by atoms with Gasteiger partial charge in [0, 0.05) is 36.2 Å². The zero-order valence-electron chi connectivity index (χ0n) is 39.1. The largest absolute Gasteiger partial charge is 0.538 e. The number of carbonyl (C=O) groups excluding carboxylic acids is 6. The summed E-state index contributed by atoms with van der Waals surface area (Å²) in [5, 5.41) is 11.0. The molecule has 3 unspecified atom stereocenters. The SMILES string of the molecule is [B]OC(=O)C(=C)O/N=C(\C(=O)NC1C(=O)N2C(C(=O)OCc3ccc(OC)cc3)=C(C[n+]3cccc4c3ccn4CCC(NC)C(=O)OC(C)(C)C)CSC12)c1nc(NC(=O)OC(C)(C)C)sc1Cl. The first-order valence-corrected chi connectivity index (χ1v) is 23.5. The second kappa shape index (κ2) is 21.9. The van der Waals surface area contributed by atoms with Crippen LogP contribution in [0.5, 0.6) is 5.75 Å². The number of rotatable bonds is 18. The smallest absolute Gasteiger partial charge is 0.413 e. The molecular weight excluding hydrogens is 955 g/mol. The number of halogens is 1. The summed E-state index contributed by atoms with van der Waals surface area (Å²) in [4.78, 5) is 90.6. The lowest BCUT2D eigenvalue weighted by Crippen LogP contribution is -2.71. The normalized spacial score (nSPS) is 16.4. The van der Waals surface area contributed by atoms with E-state index in [0.717, 1.165) is 22.4 Å². The number of carbonyl (C=O) groups is 6.